The van der Waals surface area contributed by atoms with Crippen molar-refractivity contribution in [1.82, 2.24) is 3.71 Å². The third-order valence-electron chi connectivity index (χ3n) is 4.18. The second kappa shape index (κ2) is 7.88. The molecule has 0 aliphatic heterocycles. The van der Waals surface area contributed by atoms with E-state index >= 15 is 0 Å². The second-order valence-electron chi connectivity index (χ2n) is 6.01. The molecule has 3 aromatic carbocycles. The van der Waals surface area contributed by atoms with Gasteiger partial charge in [0.1, 0.15) is 6.54 Å². The first-order valence-electron chi connectivity index (χ1n) is 8.09. The number of rotatable bonds is 5. The van der Waals surface area contributed by atoms with Gasteiger partial charge in [0.15, 0.2) is 28.2 Å². The second-order valence-corrected chi connectivity index (χ2v) is 9.90. The zero-order chi connectivity index (χ0) is 23.1. The third-order valence-corrected chi connectivity index (χ3v) is 8.41. The number of hydrogen-bond donors (Lipinski definition) is 0. The van der Waals surface area contributed by atoms with Gasteiger partial charge in [-0.2, -0.15) is 5.26 Å². The number of halogens is 5. The number of fused-ring (bicyclic) bond motifs is 1. The monoisotopic (exact) mass is 476 g/mol. The molecule has 0 spiro atoms. The summed E-state index contributed by atoms with van der Waals surface area (Å²) < 4.78 is 119. The van der Waals surface area contributed by atoms with Crippen molar-refractivity contribution < 1.29 is 38.8 Å². The van der Waals surface area contributed by atoms with Crippen molar-refractivity contribution >= 4 is 30.8 Å². The maximum Gasteiger partial charge on any atom is 0.263 e. The van der Waals surface area contributed by atoms with Crippen LogP contribution in [-0.2, 0) is 20.0 Å². The predicted molar refractivity (Wildman–Crippen MR) is 96.9 cm³/mol. The van der Waals surface area contributed by atoms with E-state index in [0.717, 1.165) is 12.1 Å². The van der Waals surface area contributed by atoms with Crippen molar-refractivity contribution in [2.24, 2.45) is 0 Å². The van der Waals surface area contributed by atoms with Crippen LogP contribution < -0.4 is 0 Å². The van der Waals surface area contributed by atoms with Crippen LogP contribution >= 0.6 is 0 Å². The molecular formula is C18H9F5N2O4S2. The topological polar surface area (TPSA) is 95.3 Å². The number of nitriles is 1. The van der Waals surface area contributed by atoms with E-state index in [2.05, 4.69) is 0 Å². The fraction of sp³-hybridized carbons (Fsp3) is 0.0556. The van der Waals surface area contributed by atoms with Gasteiger partial charge in [-0.25, -0.2) is 38.8 Å². The molecule has 0 unspecified atom stereocenters. The average molecular weight is 476 g/mol. The molecule has 0 heterocycles. The molecule has 3 rings (SSSR count). The highest BCUT2D eigenvalue weighted by Crippen LogP contribution is 2.32. The van der Waals surface area contributed by atoms with Crippen molar-refractivity contribution in [2.75, 3.05) is 6.54 Å². The summed E-state index contributed by atoms with van der Waals surface area (Å²) in [4.78, 5) is -3.07. The molecule has 0 fully saturated rings. The van der Waals surface area contributed by atoms with E-state index in [4.69, 9.17) is 5.26 Å². The van der Waals surface area contributed by atoms with Crippen LogP contribution in [0.25, 0.3) is 10.8 Å². The summed E-state index contributed by atoms with van der Waals surface area (Å²) in [5.74, 6) is -13.3. The Labute approximate surface area is 172 Å². The summed E-state index contributed by atoms with van der Waals surface area (Å²) in [5.41, 5.74) is 0. The molecule has 0 aliphatic rings. The van der Waals surface area contributed by atoms with Gasteiger partial charge in [0.2, 0.25) is 5.82 Å². The molecule has 3 aromatic rings. The Kier molecular flexibility index (Phi) is 5.74. The molecule has 0 bridgehead atoms. The van der Waals surface area contributed by atoms with Crippen molar-refractivity contribution in [3.63, 3.8) is 0 Å². The van der Waals surface area contributed by atoms with E-state index < -0.39 is 69.2 Å². The van der Waals surface area contributed by atoms with Crippen LogP contribution in [0.2, 0.25) is 0 Å². The van der Waals surface area contributed by atoms with Crippen LogP contribution in [-0.4, -0.2) is 27.1 Å². The smallest absolute Gasteiger partial charge is 0.206 e. The van der Waals surface area contributed by atoms with E-state index in [1.165, 1.54) is 18.2 Å². The SMILES string of the molecule is N#CCN(S(=O)(=O)c1ccc2ccccc2c1)S(=O)(=O)c1c(F)c(F)c(F)c(F)c1F. The Bertz CT molecular complexity index is 1440. The minimum atomic E-state index is -5.92. The zero-order valence-electron chi connectivity index (χ0n) is 15.0. The van der Waals surface area contributed by atoms with Crippen LogP contribution in [0, 0.1) is 40.4 Å². The molecule has 31 heavy (non-hydrogen) atoms. The van der Waals surface area contributed by atoms with E-state index in [1.807, 2.05) is 0 Å². The average Bonchev–Trinajstić information content (AvgIpc) is 2.74. The van der Waals surface area contributed by atoms with E-state index in [-0.39, 0.29) is 0 Å². The number of benzene rings is 3. The van der Waals surface area contributed by atoms with E-state index in [1.54, 1.807) is 18.2 Å². The lowest BCUT2D eigenvalue weighted by atomic mass is 10.1. The molecule has 0 amide bonds. The molecule has 0 N–H and O–H groups in total. The first-order valence-corrected chi connectivity index (χ1v) is 11.0. The van der Waals surface area contributed by atoms with Crippen molar-refractivity contribution in [3.8, 4) is 6.07 Å². The molecule has 0 atom stereocenters. The lowest BCUT2D eigenvalue weighted by molar-refractivity contribution is 0.355. The van der Waals surface area contributed by atoms with Crippen LogP contribution in [0.4, 0.5) is 22.0 Å². The molecule has 0 saturated carbocycles. The van der Waals surface area contributed by atoms with E-state index in [9.17, 15) is 38.8 Å². The van der Waals surface area contributed by atoms with Crippen LogP contribution in [0.1, 0.15) is 0 Å². The summed E-state index contributed by atoms with van der Waals surface area (Å²) in [7, 11) is -11.1. The zero-order valence-corrected chi connectivity index (χ0v) is 16.6. The summed E-state index contributed by atoms with van der Waals surface area (Å²) in [6, 6.07) is 10.8. The molecule has 0 aliphatic carbocycles. The van der Waals surface area contributed by atoms with Gasteiger partial charge in [-0.3, -0.25) is 0 Å². The highest BCUT2D eigenvalue weighted by molar-refractivity contribution is 8.04. The molecule has 0 saturated heterocycles. The largest absolute Gasteiger partial charge is 0.263 e. The lowest BCUT2D eigenvalue weighted by Crippen LogP contribution is -2.38. The van der Waals surface area contributed by atoms with Crippen molar-refractivity contribution in [2.45, 2.75) is 9.79 Å². The van der Waals surface area contributed by atoms with Gasteiger partial charge >= 0.3 is 0 Å². The first-order chi connectivity index (χ1) is 14.4. The lowest BCUT2D eigenvalue weighted by Gasteiger charge is -2.20. The number of nitrogens with zero attached hydrogens (tertiary/aromatic N) is 2. The van der Waals surface area contributed by atoms with Crippen LogP contribution in [0.3, 0.4) is 0 Å². The predicted octanol–water partition coefficient (Wildman–Crippen LogP) is 3.44. The molecule has 162 valence electrons. The van der Waals surface area contributed by atoms with Gasteiger partial charge in [0, 0.05) is 0 Å². The van der Waals surface area contributed by atoms with E-state index in [0.29, 0.717) is 10.8 Å². The summed E-state index contributed by atoms with van der Waals surface area (Å²) in [5, 5.41) is 9.81. The molecule has 13 heteroatoms. The molecular weight excluding hydrogens is 467 g/mol. The van der Waals surface area contributed by atoms with Gasteiger partial charge in [-0.1, -0.05) is 34.0 Å². The van der Waals surface area contributed by atoms with Crippen LogP contribution in [0.15, 0.2) is 52.3 Å². The first kappa shape index (κ1) is 22.6. The maximum atomic E-state index is 14.1. The number of sulfonamides is 2. The van der Waals surface area contributed by atoms with Gasteiger partial charge in [-0.15, -0.1) is 0 Å². The van der Waals surface area contributed by atoms with Crippen molar-refractivity contribution in [1.29, 1.82) is 5.26 Å². The Morgan fingerprint density at radius 2 is 1.26 bits per heavy atom. The van der Waals surface area contributed by atoms with Gasteiger partial charge in [-0.05, 0) is 22.9 Å². The van der Waals surface area contributed by atoms with Crippen molar-refractivity contribution in [3.05, 3.63) is 71.6 Å². The minimum absolute atomic E-state index is 0.342. The molecule has 6 nitrogen and oxygen atoms in total. The standard InChI is InChI=1S/C18H9F5N2O4S2/c19-13-14(20)16(22)18(17(23)15(13)21)31(28,29)25(8-7-24)30(26,27)12-6-5-10-3-1-2-4-11(10)9-12/h1-6,9H,8H2. The Balaban J connectivity index is 2.27. The summed E-state index contributed by atoms with van der Waals surface area (Å²) in [6.07, 6.45) is 0. The highest BCUT2D eigenvalue weighted by Gasteiger charge is 2.43. The highest BCUT2D eigenvalue weighted by atomic mass is 32.3. The Hall–Kier alpha value is -3.08. The molecule has 0 radical (unpaired) electrons. The normalized spacial score (nSPS) is 12.3. The molecule has 0 aromatic heterocycles. The Morgan fingerprint density at radius 3 is 1.81 bits per heavy atom. The minimum Gasteiger partial charge on any atom is -0.206 e. The van der Waals surface area contributed by atoms with Gasteiger partial charge < -0.3 is 0 Å². The maximum absolute atomic E-state index is 14.1. The fourth-order valence-corrected chi connectivity index (χ4v) is 6.27. The van der Waals surface area contributed by atoms with Crippen LogP contribution in [0.5, 0.6) is 0 Å². The number of hydrogen-bond acceptors (Lipinski definition) is 5. The van der Waals surface area contributed by atoms with Gasteiger partial charge in [0.05, 0.1) is 11.0 Å². The summed E-state index contributed by atoms with van der Waals surface area (Å²) >= 11 is 0. The Morgan fingerprint density at radius 1 is 0.742 bits per heavy atom. The summed E-state index contributed by atoms with van der Waals surface area (Å²) in [6.45, 7) is -1.49. The van der Waals surface area contributed by atoms with Gasteiger partial charge in [0.25, 0.3) is 20.0 Å². The fourth-order valence-electron chi connectivity index (χ4n) is 2.72. The quantitative estimate of drug-likeness (QED) is 0.243. The third kappa shape index (κ3) is 3.62.